The molecule has 1 aromatic carbocycles. The van der Waals surface area contributed by atoms with E-state index in [4.69, 9.17) is 5.73 Å². The Bertz CT molecular complexity index is 458. The lowest BCUT2D eigenvalue weighted by atomic mass is 10.1. The second-order valence-corrected chi connectivity index (χ2v) is 4.34. The van der Waals surface area contributed by atoms with Gasteiger partial charge in [0.15, 0.2) is 0 Å². The van der Waals surface area contributed by atoms with Crippen LogP contribution in [0.3, 0.4) is 0 Å². The number of primary amides is 1. The minimum absolute atomic E-state index is 0.0597. The molecule has 0 aliphatic heterocycles. The van der Waals surface area contributed by atoms with Crippen molar-refractivity contribution < 1.29 is 9.59 Å². The lowest BCUT2D eigenvalue weighted by Gasteiger charge is -2.12. The van der Waals surface area contributed by atoms with Gasteiger partial charge in [0.1, 0.15) is 0 Å². The first kappa shape index (κ1) is 14.2. The average Bonchev–Trinajstić information content (AvgIpc) is 2.28. The number of anilines is 1. The molecule has 0 saturated carbocycles. The number of rotatable bonds is 5. The molecule has 5 nitrogen and oxygen atoms in total. The number of hydrogen-bond donors (Lipinski definition) is 3. The van der Waals surface area contributed by atoms with Crippen LogP contribution in [0, 0.1) is 12.8 Å². The quantitative estimate of drug-likeness (QED) is 0.724. The minimum Gasteiger partial charge on any atom is -0.366 e. The molecular weight excluding hydrogens is 230 g/mol. The zero-order chi connectivity index (χ0) is 13.7. The van der Waals surface area contributed by atoms with Crippen molar-refractivity contribution >= 4 is 17.5 Å². The third kappa shape index (κ3) is 3.56. The summed E-state index contributed by atoms with van der Waals surface area (Å²) in [6.07, 6.45) is 0. The van der Waals surface area contributed by atoms with Crippen molar-refractivity contribution in [2.24, 2.45) is 11.7 Å². The van der Waals surface area contributed by atoms with Gasteiger partial charge in [0.2, 0.25) is 11.8 Å². The maximum Gasteiger partial charge on any atom is 0.248 e. The molecule has 0 heterocycles. The molecule has 1 atom stereocenters. The number of aryl methyl sites for hydroxylation is 1. The van der Waals surface area contributed by atoms with Crippen LogP contribution in [-0.2, 0) is 4.79 Å². The number of benzene rings is 1. The molecule has 1 aromatic rings. The van der Waals surface area contributed by atoms with Crippen molar-refractivity contribution in [2.45, 2.75) is 13.8 Å². The number of nitrogens with two attached hydrogens (primary N) is 1. The van der Waals surface area contributed by atoms with Gasteiger partial charge in [0.25, 0.3) is 0 Å². The SMILES string of the molecule is CNCC(C)C(=O)Nc1ccc(C(N)=O)c(C)c1. The number of nitrogens with one attached hydrogen (secondary N) is 2. The Hall–Kier alpha value is -1.88. The van der Waals surface area contributed by atoms with E-state index in [0.717, 1.165) is 5.56 Å². The highest BCUT2D eigenvalue weighted by atomic mass is 16.2. The maximum atomic E-state index is 11.8. The van der Waals surface area contributed by atoms with Crippen molar-refractivity contribution in [1.82, 2.24) is 5.32 Å². The Labute approximate surface area is 107 Å². The second-order valence-electron chi connectivity index (χ2n) is 4.34. The van der Waals surface area contributed by atoms with Crippen molar-refractivity contribution in [1.29, 1.82) is 0 Å². The molecule has 0 bridgehead atoms. The number of carbonyl (C=O) groups excluding carboxylic acids is 2. The standard InChI is InChI=1S/C13H19N3O2/c1-8-6-10(4-5-11(8)12(14)17)16-13(18)9(2)7-15-3/h4-6,9,15H,7H2,1-3H3,(H2,14,17)(H,16,18). The first-order chi connectivity index (χ1) is 8.45. The molecule has 1 rings (SSSR count). The smallest absolute Gasteiger partial charge is 0.248 e. The van der Waals surface area contributed by atoms with Gasteiger partial charge >= 0.3 is 0 Å². The topological polar surface area (TPSA) is 84.2 Å². The average molecular weight is 249 g/mol. The summed E-state index contributed by atoms with van der Waals surface area (Å²) in [7, 11) is 1.80. The van der Waals surface area contributed by atoms with Gasteiger partial charge in [-0.25, -0.2) is 0 Å². The third-order valence-electron chi connectivity index (χ3n) is 2.72. The van der Waals surface area contributed by atoms with E-state index in [0.29, 0.717) is 17.8 Å². The van der Waals surface area contributed by atoms with Gasteiger partial charge in [0, 0.05) is 23.7 Å². The van der Waals surface area contributed by atoms with E-state index in [1.807, 2.05) is 6.92 Å². The zero-order valence-electron chi connectivity index (χ0n) is 10.9. The number of hydrogen-bond acceptors (Lipinski definition) is 3. The summed E-state index contributed by atoms with van der Waals surface area (Å²) in [5.74, 6) is -0.643. The second kappa shape index (κ2) is 6.16. The van der Waals surface area contributed by atoms with E-state index in [1.165, 1.54) is 0 Å². The Morgan fingerprint density at radius 1 is 1.39 bits per heavy atom. The summed E-state index contributed by atoms with van der Waals surface area (Å²) in [4.78, 5) is 22.9. The molecule has 0 spiro atoms. The summed E-state index contributed by atoms with van der Waals surface area (Å²) in [5, 5.41) is 5.75. The largest absolute Gasteiger partial charge is 0.366 e. The van der Waals surface area contributed by atoms with E-state index in [1.54, 1.807) is 32.2 Å². The summed E-state index contributed by atoms with van der Waals surface area (Å²) >= 11 is 0. The van der Waals surface area contributed by atoms with Gasteiger partial charge in [-0.05, 0) is 37.7 Å². The van der Waals surface area contributed by atoms with E-state index in [-0.39, 0.29) is 11.8 Å². The van der Waals surface area contributed by atoms with E-state index in [2.05, 4.69) is 10.6 Å². The van der Waals surface area contributed by atoms with E-state index < -0.39 is 5.91 Å². The van der Waals surface area contributed by atoms with Gasteiger partial charge in [-0.3, -0.25) is 9.59 Å². The minimum atomic E-state index is -0.464. The fourth-order valence-electron chi connectivity index (χ4n) is 1.68. The van der Waals surface area contributed by atoms with Crippen LogP contribution >= 0.6 is 0 Å². The highest BCUT2D eigenvalue weighted by molar-refractivity contribution is 5.96. The molecule has 5 heteroatoms. The molecule has 98 valence electrons. The Kier molecular flexibility index (Phi) is 4.85. The maximum absolute atomic E-state index is 11.8. The normalized spacial score (nSPS) is 11.9. The van der Waals surface area contributed by atoms with E-state index >= 15 is 0 Å². The zero-order valence-corrected chi connectivity index (χ0v) is 10.9. The predicted octanol–water partition coefficient (Wildman–Crippen LogP) is 0.888. The van der Waals surface area contributed by atoms with Crippen LogP contribution in [0.5, 0.6) is 0 Å². The van der Waals surface area contributed by atoms with Gasteiger partial charge in [-0.15, -0.1) is 0 Å². The van der Waals surface area contributed by atoms with Crippen LogP contribution in [-0.4, -0.2) is 25.4 Å². The van der Waals surface area contributed by atoms with Gasteiger partial charge < -0.3 is 16.4 Å². The van der Waals surface area contributed by atoms with E-state index in [9.17, 15) is 9.59 Å². The van der Waals surface area contributed by atoms with Crippen LogP contribution in [0.4, 0.5) is 5.69 Å². The van der Waals surface area contributed by atoms with Crippen LogP contribution in [0.15, 0.2) is 18.2 Å². The molecule has 0 aliphatic carbocycles. The summed E-state index contributed by atoms with van der Waals surface area (Å²) in [6.45, 7) is 4.24. The molecule has 18 heavy (non-hydrogen) atoms. The fraction of sp³-hybridized carbons (Fsp3) is 0.385. The van der Waals surface area contributed by atoms with Gasteiger partial charge in [0.05, 0.1) is 0 Å². The molecule has 2 amide bonds. The molecule has 0 aromatic heterocycles. The Morgan fingerprint density at radius 2 is 2.06 bits per heavy atom. The van der Waals surface area contributed by atoms with Crippen molar-refractivity contribution in [3.8, 4) is 0 Å². The summed E-state index contributed by atoms with van der Waals surface area (Å²) in [5.41, 5.74) is 7.11. The monoisotopic (exact) mass is 249 g/mol. The Morgan fingerprint density at radius 3 is 2.56 bits per heavy atom. The van der Waals surface area contributed by atoms with Crippen molar-refractivity contribution in [3.05, 3.63) is 29.3 Å². The summed E-state index contributed by atoms with van der Waals surface area (Å²) in [6, 6.07) is 5.04. The van der Waals surface area contributed by atoms with Crippen LogP contribution in [0.1, 0.15) is 22.8 Å². The lowest BCUT2D eigenvalue weighted by molar-refractivity contribution is -0.119. The van der Waals surface area contributed by atoms with Gasteiger partial charge in [-0.2, -0.15) is 0 Å². The first-order valence-corrected chi connectivity index (χ1v) is 5.81. The number of amides is 2. The van der Waals surface area contributed by atoms with Crippen LogP contribution in [0.25, 0.3) is 0 Å². The lowest BCUT2D eigenvalue weighted by Crippen LogP contribution is -2.28. The molecular formula is C13H19N3O2. The molecule has 0 saturated heterocycles. The molecule has 4 N–H and O–H groups in total. The molecule has 0 aliphatic rings. The first-order valence-electron chi connectivity index (χ1n) is 5.81. The third-order valence-corrected chi connectivity index (χ3v) is 2.72. The molecule has 0 fully saturated rings. The highest BCUT2D eigenvalue weighted by Crippen LogP contribution is 2.15. The Balaban J connectivity index is 2.77. The van der Waals surface area contributed by atoms with Crippen LogP contribution in [0.2, 0.25) is 0 Å². The summed E-state index contributed by atoms with van der Waals surface area (Å²) < 4.78 is 0. The van der Waals surface area contributed by atoms with Crippen LogP contribution < -0.4 is 16.4 Å². The predicted molar refractivity (Wildman–Crippen MR) is 71.4 cm³/mol. The molecule has 0 radical (unpaired) electrons. The fourth-order valence-corrected chi connectivity index (χ4v) is 1.68. The van der Waals surface area contributed by atoms with Crippen molar-refractivity contribution in [2.75, 3.05) is 18.9 Å². The van der Waals surface area contributed by atoms with Crippen molar-refractivity contribution in [3.63, 3.8) is 0 Å². The molecule has 1 unspecified atom stereocenters. The van der Waals surface area contributed by atoms with Gasteiger partial charge in [-0.1, -0.05) is 6.92 Å². The number of carbonyl (C=O) groups is 2. The highest BCUT2D eigenvalue weighted by Gasteiger charge is 2.12.